The number of aromatic nitrogens is 2. The molecule has 8 heteroatoms. The van der Waals surface area contributed by atoms with Crippen LogP contribution in [0, 0.1) is 6.92 Å². The minimum Gasteiger partial charge on any atom is -0.471 e. The second kappa shape index (κ2) is 9.49. The molecule has 0 atom stereocenters. The number of benzene rings is 1. The van der Waals surface area contributed by atoms with Gasteiger partial charge in [0.25, 0.3) is 0 Å². The first-order chi connectivity index (χ1) is 13.5. The first kappa shape index (κ1) is 20.8. The van der Waals surface area contributed by atoms with E-state index in [-0.39, 0.29) is 0 Å². The van der Waals surface area contributed by atoms with Gasteiger partial charge in [-0.25, -0.2) is 9.98 Å². The summed E-state index contributed by atoms with van der Waals surface area (Å²) in [7, 11) is 1.97. The number of hydrogen-bond acceptors (Lipinski definition) is 5. The molecule has 0 N–H and O–H groups in total. The highest BCUT2D eigenvalue weighted by atomic mass is 79.9. The van der Waals surface area contributed by atoms with E-state index in [1.807, 2.05) is 55.3 Å². The van der Waals surface area contributed by atoms with E-state index in [4.69, 9.17) is 16.3 Å². The smallest absolute Gasteiger partial charge is 0.228 e. The van der Waals surface area contributed by atoms with E-state index < -0.39 is 0 Å². The lowest BCUT2D eigenvalue weighted by molar-refractivity contribution is 0.295. The van der Waals surface area contributed by atoms with Gasteiger partial charge in [0.2, 0.25) is 5.88 Å². The van der Waals surface area contributed by atoms with Gasteiger partial charge in [0, 0.05) is 19.2 Å². The summed E-state index contributed by atoms with van der Waals surface area (Å²) in [6.07, 6.45) is 1.79. The molecule has 0 amide bonds. The molecule has 0 saturated carbocycles. The van der Waals surface area contributed by atoms with Crippen molar-refractivity contribution in [3.63, 3.8) is 0 Å². The minimum absolute atomic E-state index is 0.301. The van der Waals surface area contributed by atoms with Crippen molar-refractivity contribution in [2.75, 3.05) is 13.6 Å². The van der Waals surface area contributed by atoms with Crippen LogP contribution in [-0.4, -0.2) is 34.2 Å². The van der Waals surface area contributed by atoms with E-state index in [9.17, 15) is 0 Å². The summed E-state index contributed by atoms with van der Waals surface area (Å²) >= 11 is 11.4. The largest absolute Gasteiger partial charge is 0.471 e. The Kier molecular flexibility index (Phi) is 7.04. The predicted molar refractivity (Wildman–Crippen MR) is 120 cm³/mol. The number of aryl methyl sites for hydroxylation is 1. The van der Waals surface area contributed by atoms with Crippen LogP contribution < -0.4 is 4.74 Å². The van der Waals surface area contributed by atoms with Crippen LogP contribution in [-0.2, 0) is 6.61 Å². The molecule has 0 bridgehead atoms. The first-order valence-electron chi connectivity index (χ1n) is 8.73. The molecule has 0 fully saturated rings. The van der Waals surface area contributed by atoms with Gasteiger partial charge in [0.05, 0.1) is 32.1 Å². The van der Waals surface area contributed by atoms with Crippen LogP contribution in [0.3, 0.4) is 0 Å². The molecule has 5 nitrogen and oxygen atoms in total. The highest BCUT2D eigenvalue weighted by Crippen LogP contribution is 2.35. The van der Waals surface area contributed by atoms with E-state index in [2.05, 4.69) is 37.2 Å². The zero-order chi connectivity index (χ0) is 20.1. The number of pyridine rings is 1. The van der Waals surface area contributed by atoms with E-state index in [0.29, 0.717) is 17.5 Å². The van der Waals surface area contributed by atoms with Gasteiger partial charge in [-0.1, -0.05) is 41.9 Å². The van der Waals surface area contributed by atoms with Crippen LogP contribution in [0.15, 0.2) is 45.9 Å². The molecule has 146 valence electrons. The lowest BCUT2D eigenvalue weighted by atomic mass is 10.1. The predicted octanol–water partition coefficient (Wildman–Crippen LogP) is 6.12. The molecule has 0 aliphatic rings. The average molecular weight is 480 g/mol. The number of rotatable bonds is 7. The topological polar surface area (TPSA) is 50.6 Å². The summed E-state index contributed by atoms with van der Waals surface area (Å²) in [6, 6.07) is 11.8. The molecular weight excluding hydrogens is 460 g/mol. The molecule has 0 saturated heterocycles. The Balaban J connectivity index is 1.74. The number of halogens is 2. The quantitative estimate of drug-likeness (QED) is 0.302. The maximum Gasteiger partial charge on any atom is 0.228 e. The fraction of sp³-hybridized carbons (Fsp3) is 0.250. The Morgan fingerprint density at radius 3 is 2.79 bits per heavy atom. The van der Waals surface area contributed by atoms with E-state index >= 15 is 0 Å². The average Bonchev–Trinajstić information content (AvgIpc) is 3.08. The highest BCUT2D eigenvalue weighted by molar-refractivity contribution is 9.10. The molecule has 1 aromatic carbocycles. The summed E-state index contributed by atoms with van der Waals surface area (Å²) in [4.78, 5) is 11.9. The third-order valence-electron chi connectivity index (χ3n) is 4.09. The molecule has 0 aliphatic carbocycles. The molecule has 2 heterocycles. The maximum atomic E-state index is 6.52. The molecule has 0 aliphatic heterocycles. The summed E-state index contributed by atoms with van der Waals surface area (Å²) < 4.78 is 11.1. The third-order valence-corrected chi connectivity index (χ3v) is 5.99. The highest BCUT2D eigenvalue weighted by Gasteiger charge is 2.15. The fourth-order valence-electron chi connectivity index (χ4n) is 2.34. The van der Waals surface area contributed by atoms with Gasteiger partial charge < -0.3 is 9.64 Å². The van der Waals surface area contributed by atoms with Gasteiger partial charge in [-0.05, 0) is 47.4 Å². The molecule has 3 rings (SSSR count). The summed E-state index contributed by atoms with van der Waals surface area (Å²) in [5, 5.41) is 0.618. The van der Waals surface area contributed by atoms with Crippen molar-refractivity contribution in [1.82, 2.24) is 14.3 Å². The summed E-state index contributed by atoms with van der Waals surface area (Å²) in [5.74, 6) is 0.506. The Hall–Kier alpha value is -1.96. The number of hydrogen-bond donors (Lipinski definition) is 0. The van der Waals surface area contributed by atoms with Gasteiger partial charge in [-0.15, -0.1) is 0 Å². The van der Waals surface area contributed by atoms with Gasteiger partial charge in [-0.2, -0.15) is 4.37 Å². The van der Waals surface area contributed by atoms with Gasteiger partial charge >= 0.3 is 0 Å². The second-order valence-electron chi connectivity index (χ2n) is 6.12. The summed E-state index contributed by atoms with van der Waals surface area (Å²) in [6.45, 7) is 5.16. The van der Waals surface area contributed by atoms with Crippen LogP contribution in [0.2, 0.25) is 5.02 Å². The van der Waals surface area contributed by atoms with Crippen LogP contribution in [0.4, 0.5) is 5.69 Å². The Labute approximate surface area is 182 Å². The van der Waals surface area contributed by atoms with Crippen LogP contribution in [0.25, 0.3) is 11.3 Å². The van der Waals surface area contributed by atoms with Crippen molar-refractivity contribution in [3.05, 3.63) is 56.5 Å². The van der Waals surface area contributed by atoms with E-state index in [1.165, 1.54) is 11.5 Å². The fourth-order valence-corrected chi connectivity index (χ4v) is 3.80. The monoisotopic (exact) mass is 478 g/mol. The van der Waals surface area contributed by atoms with Crippen molar-refractivity contribution in [2.45, 2.75) is 20.5 Å². The zero-order valence-electron chi connectivity index (χ0n) is 15.8. The minimum atomic E-state index is 0.301. The van der Waals surface area contributed by atoms with Crippen molar-refractivity contribution < 1.29 is 4.74 Å². The van der Waals surface area contributed by atoms with Crippen LogP contribution >= 0.6 is 39.1 Å². The standard InChI is InChI=1S/C20H20BrClN4OS/c1-4-26(3)12-23-16-10-15(21)20(24-13(16)2)27-11-17-18(22)19(25-28-17)14-8-6-5-7-9-14/h5-10,12H,4,11H2,1-3H3/b23-12+. The first-order valence-corrected chi connectivity index (χ1v) is 10.7. The van der Waals surface area contributed by atoms with Crippen LogP contribution in [0.1, 0.15) is 17.5 Å². The zero-order valence-corrected chi connectivity index (χ0v) is 19.0. The molecule has 28 heavy (non-hydrogen) atoms. The lowest BCUT2D eigenvalue weighted by Crippen LogP contribution is -2.14. The number of nitrogens with zero attached hydrogens (tertiary/aromatic N) is 4. The summed E-state index contributed by atoms with van der Waals surface area (Å²) in [5.41, 5.74) is 3.35. The normalized spacial score (nSPS) is 11.2. The van der Waals surface area contributed by atoms with E-state index in [1.54, 1.807) is 6.34 Å². The maximum absolute atomic E-state index is 6.52. The molecule has 3 aromatic rings. The molecule has 2 aromatic heterocycles. The van der Waals surface area contributed by atoms with Gasteiger partial charge in [0.15, 0.2) is 0 Å². The third kappa shape index (κ3) is 4.90. The van der Waals surface area contributed by atoms with E-state index in [0.717, 1.165) is 38.5 Å². The van der Waals surface area contributed by atoms with Gasteiger partial charge in [-0.3, -0.25) is 0 Å². The Bertz CT molecular complexity index is 978. The Morgan fingerprint density at radius 2 is 2.07 bits per heavy atom. The molecule has 0 radical (unpaired) electrons. The van der Waals surface area contributed by atoms with Gasteiger partial charge in [0.1, 0.15) is 12.3 Å². The lowest BCUT2D eigenvalue weighted by Gasteiger charge is -2.11. The number of aliphatic imine (C=N–C) groups is 1. The van der Waals surface area contributed by atoms with Crippen LogP contribution in [0.5, 0.6) is 5.88 Å². The molecular formula is C20H20BrClN4OS. The van der Waals surface area contributed by atoms with Crippen molar-refractivity contribution in [2.24, 2.45) is 4.99 Å². The molecule has 0 spiro atoms. The number of ether oxygens (including phenoxy) is 1. The van der Waals surface area contributed by atoms with Crippen molar-refractivity contribution in [3.8, 4) is 17.1 Å². The van der Waals surface area contributed by atoms with Crippen molar-refractivity contribution in [1.29, 1.82) is 0 Å². The second-order valence-corrected chi connectivity index (χ2v) is 8.21. The van der Waals surface area contributed by atoms with Crippen molar-refractivity contribution >= 4 is 51.1 Å². The SMILES string of the molecule is CCN(C)/C=N/c1cc(Br)c(OCc2snc(-c3ccccc3)c2Cl)nc1C. The Morgan fingerprint density at radius 1 is 1.32 bits per heavy atom. The molecule has 0 unspecified atom stereocenters.